The van der Waals surface area contributed by atoms with E-state index < -0.39 is 0 Å². The Labute approximate surface area is 151 Å². The van der Waals surface area contributed by atoms with E-state index in [1.165, 1.54) is 18.0 Å². The molecule has 3 aromatic heterocycles. The molecule has 1 amide bonds. The molecular weight excluding hydrogens is 360 g/mol. The number of imidazole rings is 1. The average molecular weight is 373 g/mol. The van der Waals surface area contributed by atoms with Crippen molar-refractivity contribution in [2.75, 3.05) is 5.32 Å². The summed E-state index contributed by atoms with van der Waals surface area (Å²) in [5.74, 6) is 0.943. The Morgan fingerprint density at radius 3 is 2.96 bits per heavy atom. The number of hydrogen-bond donors (Lipinski definition) is 2. The van der Waals surface area contributed by atoms with E-state index in [0.717, 1.165) is 11.0 Å². The summed E-state index contributed by atoms with van der Waals surface area (Å²) in [5, 5.41) is 10.8. The van der Waals surface area contributed by atoms with Crippen molar-refractivity contribution in [3.05, 3.63) is 47.6 Å². The summed E-state index contributed by atoms with van der Waals surface area (Å²) in [5.41, 5.74) is 1.82. The minimum absolute atomic E-state index is 0.166. The number of carbonyl (C=O) groups is 1. The lowest BCUT2D eigenvalue weighted by molar-refractivity contribution is -0.115. The zero-order valence-electron chi connectivity index (χ0n) is 13.1. The first-order valence-corrected chi connectivity index (χ1v) is 8.78. The molecule has 0 saturated carbocycles. The second-order valence-corrected chi connectivity index (χ2v) is 7.12. The largest absolute Gasteiger partial charge is 0.310 e. The van der Waals surface area contributed by atoms with Gasteiger partial charge in [-0.1, -0.05) is 35.5 Å². The maximum atomic E-state index is 12.4. The van der Waals surface area contributed by atoms with Gasteiger partial charge < -0.3 is 5.32 Å². The monoisotopic (exact) mass is 372 g/mol. The smallest absolute Gasteiger partial charge is 0.238 e. The van der Waals surface area contributed by atoms with E-state index in [1.807, 2.05) is 35.6 Å². The lowest BCUT2D eigenvalue weighted by Crippen LogP contribution is -2.23. The van der Waals surface area contributed by atoms with Gasteiger partial charge in [-0.15, -0.1) is 5.10 Å². The minimum Gasteiger partial charge on any atom is -0.310 e. The lowest BCUT2D eigenvalue weighted by atomic mass is 10.3. The highest BCUT2D eigenvalue weighted by molar-refractivity contribution is 8.00. The van der Waals surface area contributed by atoms with E-state index in [9.17, 15) is 4.79 Å². The second-order valence-electron chi connectivity index (χ2n) is 5.38. The Bertz CT molecular complexity index is 1060. The number of rotatable bonds is 4. The van der Waals surface area contributed by atoms with Crippen molar-refractivity contribution in [3.8, 4) is 0 Å². The van der Waals surface area contributed by atoms with E-state index >= 15 is 0 Å². The van der Waals surface area contributed by atoms with Gasteiger partial charge in [-0.25, -0.2) is 15.1 Å². The molecule has 4 aromatic rings. The van der Waals surface area contributed by atoms with Crippen molar-refractivity contribution in [2.24, 2.45) is 0 Å². The van der Waals surface area contributed by atoms with E-state index in [1.54, 1.807) is 12.1 Å². The predicted octanol–water partition coefficient (Wildman–Crippen LogP) is 3.38. The van der Waals surface area contributed by atoms with Crippen molar-refractivity contribution in [1.82, 2.24) is 24.6 Å². The highest BCUT2D eigenvalue weighted by Crippen LogP contribution is 2.26. The van der Waals surface area contributed by atoms with Crippen LogP contribution >= 0.6 is 23.4 Å². The van der Waals surface area contributed by atoms with Crippen molar-refractivity contribution >= 4 is 51.9 Å². The van der Waals surface area contributed by atoms with Gasteiger partial charge in [0.05, 0.1) is 21.3 Å². The summed E-state index contributed by atoms with van der Waals surface area (Å²) in [7, 11) is 0. The zero-order valence-corrected chi connectivity index (χ0v) is 14.7. The van der Waals surface area contributed by atoms with E-state index in [0.29, 0.717) is 21.8 Å². The van der Waals surface area contributed by atoms with E-state index in [4.69, 9.17) is 11.6 Å². The molecule has 0 fully saturated rings. The number of hydrogen-bond acceptors (Lipinski definition) is 5. The van der Waals surface area contributed by atoms with Gasteiger partial charge in [0, 0.05) is 6.20 Å². The standard InChI is InChI=1S/C16H13ClN6OS/c1-9(14(24)20-13-7-6-10(17)8-18-13)25-16-22-21-15-19-11-4-2-3-5-12(11)23(15)16/h2-9H,1H3,(H,19,21)(H,18,20,24)/t9-/m1/s1. The third-order valence-corrected chi connectivity index (χ3v) is 4.91. The van der Waals surface area contributed by atoms with Crippen molar-refractivity contribution < 1.29 is 4.79 Å². The average Bonchev–Trinajstić information content (AvgIpc) is 3.16. The molecule has 0 aliphatic carbocycles. The van der Waals surface area contributed by atoms with Gasteiger partial charge >= 0.3 is 0 Å². The number of anilines is 1. The first kappa shape index (κ1) is 15.9. The van der Waals surface area contributed by atoms with Crippen LogP contribution in [0.4, 0.5) is 5.82 Å². The molecule has 126 valence electrons. The van der Waals surface area contributed by atoms with Crippen LogP contribution in [-0.2, 0) is 4.79 Å². The van der Waals surface area contributed by atoms with Crippen LogP contribution in [0.5, 0.6) is 0 Å². The number of nitrogens with zero attached hydrogens (tertiary/aromatic N) is 4. The van der Waals surface area contributed by atoms with E-state index in [-0.39, 0.29) is 11.2 Å². The molecule has 7 nitrogen and oxygen atoms in total. The number of amides is 1. The normalized spacial score (nSPS) is 12.6. The SMILES string of the molecule is C[C@@H](Sc1n[nH]c2nc3ccccc3n12)C(=O)Nc1ccc(Cl)cn1. The van der Waals surface area contributed by atoms with Crippen LogP contribution in [0.15, 0.2) is 47.8 Å². The van der Waals surface area contributed by atoms with Crippen LogP contribution in [0.25, 0.3) is 16.8 Å². The van der Waals surface area contributed by atoms with Crippen molar-refractivity contribution in [2.45, 2.75) is 17.3 Å². The van der Waals surface area contributed by atoms with Gasteiger partial charge in [-0.05, 0) is 31.2 Å². The van der Waals surface area contributed by atoms with Gasteiger partial charge in [0.1, 0.15) is 5.82 Å². The maximum Gasteiger partial charge on any atom is 0.238 e. The Hall–Kier alpha value is -2.58. The summed E-state index contributed by atoms with van der Waals surface area (Å²) < 4.78 is 1.91. The molecule has 0 saturated heterocycles. The topological polar surface area (TPSA) is 88.0 Å². The molecule has 2 N–H and O–H groups in total. The number of benzene rings is 1. The van der Waals surface area contributed by atoms with E-state index in [2.05, 4.69) is 25.5 Å². The molecule has 9 heteroatoms. The van der Waals surface area contributed by atoms with Gasteiger partial charge in [-0.2, -0.15) is 0 Å². The predicted molar refractivity (Wildman–Crippen MR) is 98.0 cm³/mol. The fourth-order valence-corrected chi connectivity index (χ4v) is 3.39. The van der Waals surface area contributed by atoms with Crippen LogP contribution in [-0.4, -0.2) is 35.7 Å². The lowest BCUT2D eigenvalue weighted by Gasteiger charge is -2.10. The Morgan fingerprint density at radius 1 is 1.32 bits per heavy atom. The highest BCUT2D eigenvalue weighted by atomic mass is 35.5. The molecule has 0 aliphatic rings. The summed E-state index contributed by atoms with van der Waals surface area (Å²) in [6.07, 6.45) is 1.49. The van der Waals surface area contributed by atoms with Crippen LogP contribution in [0.1, 0.15) is 6.92 Å². The molecule has 0 bridgehead atoms. The zero-order chi connectivity index (χ0) is 17.4. The number of H-pyrrole nitrogens is 1. The van der Waals surface area contributed by atoms with Crippen molar-refractivity contribution in [1.29, 1.82) is 0 Å². The molecule has 0 aliphatic heterocycles. The molecule has 0 unspecified atom stereocenters. The second kappa shape index (κ2) is 6.38. The molecule has 1 aromatic carbocycles. The number of aromatic nitrogens is 5. The third kappa shape index (κ3) is 3.06. The molecule has 3 heterocycles. The molecule has 0 radical (unpaired) electrons. The summed E-state index contributed by atoms with van der Waals surface area (Å²) in [6.45, 7) is 1.82. The molecule has 4 rings (SSSR count). The summed E-state index contributed by atoms with van der Waals surface area (Å²) >= 11 is 7.14. The molecular formula is C16H13ClN6OS. The minimum atomic E-state index is -0.370. The molecule has 1 atom stereocenters. The van der Waals surface area contributed by atoms with Gasteiger partial charge in [0.2, 0.25) is 11.7 Å². The molecule has 0 spiro atoms. The third-order valence-electron chi connectivity index (χ3n) is 3.63. The molecule has 25 heavy (non-hydrogen) atoms. The Morgan fingerprint density at radius 2 is 2.16 bits per heavy atom. The van der Waals surface area contributed by atoms with Crippen LogP contribution in [0, 0.1) is 0 Å². The van der Waals surface area contributed by atoms with Crippen LogP contribution in [0.3, 0.4) is 0 Å². The highest BCUT2D eigenvalue weighted by Gasteiger charge is 2.20. The number of fused-ring (bicyclic) bond motifs is 3. The number of carbonyl (C=O) groups excluding carboxylic acids is 1. The van der Waals surface area contributed by atoms with Gasteiger partial charge in [-0.3, -0.25) is 9.20 Å². The van der Waals surface area contributed by atoms with Gasteiger partial charge in [0.15, 0.2) is 5.16 Å². The number of thioether (sulfide) groups is 1. The number of aromatic amines is 1. The number of para-hydroxylation sites is 2. The summed E-state index contributed by atoms with van der Waals surface area (Å²) in [6, 6.07) is 11.1. The van der Waals surface area contributed by atoms with Crippen LogP contribution < -0.4 is 5.32 Å². The fraction of sp³-hybridized carbons (Fsp3) is 0.125. The van der Waals surface area contributed by atoms with Gasteiger partial charge in [0.25, 0.3) is 0 Å². The quantitative estimate of drug-likeness (QED) is 0.536. The summed E-state index contributed by atoms with van der Waals surface area (Å²) in [4.78, 5) is 20.9. The maximum absolute atomic E-state index is 12.4. The van der Waals surface area contributed by atoms with Crippen molar-refractivity contribution in [3.63, 3.8) is 0 Å². The Balaban J connectivity index is 1.56. The number of nitrogens with one attached hydrogen (secondary N) is 2. The first-order valence-electron chi connectivity index (χ1n) is 7.52. The first-order chi connectivity index (χ1) is 12.1. The van der Waals surface area contributed by atoms with Crippen LogP contribution in [0.2, 0.25) is 5.02 Å². The number of pyridine rings is 1. The number of halogens is 1. The fourth-order valence-electron chi connectivity index (χ4n) is 2.41. The Kier molecular flexibility index (Phi) is 4.06.